The van der Waals surface area contributed by atoms with Gasteiger partial charge in [-0.05, 0) is 49.2 Å². The maximum atomic E-state index is 13.6. The zero-order chi connectivity index (χ0) is 14.4. The van der Waals surface area contributed by atoms with Crippen LogP contribution in [0.1, 0.15) is 17.5 Å². The molecule has 2 N–H and O–H groups in total. The fourth-order valence-corrected chi connectivity index (χ4v) is 2.10. The number of ether oxygens (including phenoxy) is 1. The largest absolute Gasteiger partial charge is 0.489 e. The van der Waals surface area contributed by atoms with Crippen LogP contribution in [0.5, 0.6) is 5.75 Å². The number of nitrogens with two attached hydrogens (primary N) is 1. The molecule has 0 aliphatic heterocycles. The van der Waals surface area contributed by atoms with Crippen molar-refractivity contribution in [1.82, 2.24) is 0 Å². The molecule has 0 aliphatic carbocycles. The van der Waals surface area contributed by atoms with Gasteiger partial charge in [0.25, 0.3) is 0 Å². The zero-order valence-electron chi connectivity index (χ0n) is 11.1. The Morgan fingerprint density at radius 1 is 1.10 bits per heavy atom. The Morgan fingerprint density at radius 3 is 2.50 bits per heavy atom. The van der Waals surface area contributed by atoms with E-state index in [9.17, 15) is 4.39 Å². The van der Waals surface area contributed by atoms with Crippen molar-refractivity contribution in [2.75, 3.05) is 6.54 Å². The standard InChI is InChI=1S/C16H17ClFNO/c17-15-4-1-5-16(18)14(15)11-20-13-8-6-12(7-9-13)3-2-10-19/h1,4-9H,2-3,10-11,19H2. The van der Waals surface area contributed by atoms with E-state index in [2.05, 4.69) is 0 Å². The number of rotatable bonds is 6. The molecule has 0 saturated carbocycles. The fourth-order valence-electron chi connectivity index (χ4n) is 1.88. The first-order valence-corrected chi connectivity index (χ1v) is 6.93. The van der Waals surface area contributed by atoms with Gasteiger partial charge < -0.3 is 10.5 Å². The normalized spacial score (nSPS) is 10.6. The van der Waals surface area contributed by atoms with Crippen molar-refractivity contribution in [2.45, 2.75) is 19.4 Å². The van der Waals surface area contributed by atoms with Crippen molar-refractivity contribution in [3.05, 3.63) is 64.4 Å². The lowest BCUT2D eigenvalue weighted by molar-refractivity contribution is 0.300. The van der Waals surface area contributed by atoms with Gasteiger partial charge in [-0.3, -0.25) is 0 Å². The molecule has 0 unspecified atom stereocenters. The highest BCUT2D eigenvalue weighted by molar-refractivity contribution is 6.31. The predicted octanol–water partition coefficient (Wildman–Crippen LogP) is 3.95. The smallest absolute Gasteiger partial charge is 0.131 e. The number of hydrogen-bond donors (Lipinski definition) is 1. The SMILES string of the molecule is NCCCc1ccc(OCc2c(F)cccc2Cl)cc1. The number of hydrogen-bond acceptors (Lipinski definition) is 2. The number of aryl methyl sites for hydroxylation is 1. The Balaban J connectivity index is 1.97. The van der Waals surface area contributed by atoms with Crippen LogP contribution in [0.3, 0.4) is 0 Å². The molecule has 4 heteroatoms. The molecule has 0 amide bonds. The molecule has 2 rings (SSSR count). The van der Waals surface area contributed by atoms with Gasteiger partial charge in [0.05, 0.1) is 5.02 Å². The summed E-state index contributed by atoms with van der Waals surface area (Å²) in [4.78, 5) is 0. The Kier molecular flexibility index (Phi) is 5.39. The summed E-state index contributed by atoms with van der Waals surface area (Å²) in [5.74, 6) is 0.345. The third kappa shape index (κ3) is 3.95. The van der Waals surface area contributed by atoms with Crippen LogP contribution in [0, 0.1) is 5.82 Å². The summed E-state index contributed by atoms with van der Waals surface area (Å²) >= 11 is 5.95. The first-order chi connectivity index (χ1) is 9.70. The molecule has 0 heterocycles. The summed E-state index contributed by atoms with van der Waals surface area (Å²) in [5.41, 5.74) is 7.06. The monoisotopic (exact) mass is 293 g/mol. The van der Waals surface area contributed by atoms with Gasteiger partial charge in [0.2, 0.25) is 0 Å². The minimum atomic E-state index is -0.350. The molecule has 0 bridgehead atoms. The summed E-state index contributed by atoms with van der Waals surface area (Å²) in [5, 5.41) is 0.379. The average molecular weight is 294 g/mol. The molecule has 0 spiro atoms. The first-order valence-electron chi connectivity index (χ1n) is 6.55. The van der Waals surface area contributed by atoms with Crippen molar-refractivity contribution in [3.63, 3.8) is 0 Å². The van der Waals surface area contributed by atoms with Gasteiger partial charge >= 0.3 is 0 Å². The van der Waals surface area contributed by atoms with Gasteiger partial charge in [-0.25, -0.2) is 4.39 Å². The molecule has 2 nitrogen and oxygen atoms in total. The Morgan fingerprint density at radius 2 is 1.85 bits per heavy atom. The third-order valence-electron chi connectivity index (χ3n) is 3.04. The van der Waals surface area contributed by atoms with E-state index in [-0.39, 0.29) is 12.4 Å². The molecule has 0 aliphatic rings. The van der Waals surface area contributed by atoms with E-state index in [4.69, 9.17) is 22.1 Å². The van der Waals surface area contributed by atoms with Crippen LogP contribution in [0.2, 0.25) is 5.02 Å². The Labute approximate surface area is 123 Å². The van der Waals surface area contributed by atoms with Crippen LogP contribution in [0.25, 0.3) is 0 Å². The molecule has 0 aromatic heterocycles. The number of benzene rings is 2. The maximum absolute atomic E-state index is 13.6. The average Bonchev–Trinajstić information content (AvgIpc) is 2.46. The van der Waals surface area contributed by atoms with Gasteiger partial charge in [-0.2, -0.15) is 0 Å². The molecule has 0 radical (unpaired) electrons. The summed E-state index contributed by atoms with van der Waals surface area (Å²) in [6, 6.07) is 12.3. The Bertz CT molecular complexity index is 537. The minimum Gasteiger partial charge on any atom is -0.489 e. The van der Waals surface area contributed by atoms with E-state index >= 15 is 0 Å². The van der Waals surface area contributed by atoms with Crippen molar-refractivity contribution in [3.8, 4) is 5.75 Å². The van der Waals surface area contributed by atoms with Gasteiger partial charge in [-0.15, -0.1) is 0 Å². The second kappa shape index (κ2) is 7.27. The summed E-state index contributed by atoms with van der Waals surface area (Å²) < 4.78 is 19.1. The van der Waals surface area contributed by atoms with Crippen molar-refractivity contribution in [1.29, 1.82) is 0 Å². The van der Waals surface area contributed by atoms with Gasteiger partial charge in [-0.1, -0.05) is 29.8 Å². The van der Waals surface area contributed by atoms with Gasteiger partial charge in [0.1, 0.15) is 18.2 Å². The highest BCUT2D eigenvalue weighted by Gasteiger charge is 2.07. The highest BCUT2D eigenvalue weighted by atomic mass is 35.5. The molecular formula is C16H17ClFNO. The second-order valence-corrected chi connectivity index (χ2v) is 4.93. The van der Waals surface area contributed by atoms with Crippen molar-refractivity contribution < 1.29 is 9.13 Å². The van der Waals surface area contributed by atoms with Gasteiger partial charge in [0, 0.05) is 5.56 Å². The lowest BCUT2D eigenvalue weighted by Gasteiger charge is -2.09. The van der Waals surface area contributed by atoms with E-state index in [1.54, 1.807) is 12.1 Å². The molecular weight excluding hydrogens is 277 g/mol. The molecule has 2 aromatic carbocycles. The summed E-state index contributed by atoms with van der Waals surface area (Å²) in [6.45, 7) is 0.803. The first kappa shape index (κ1) is 14.8. The lowest BCUT2D eigenvalue weighted by Crippen LogP contribution is -2.01. The topological polar surface area (TPSA) is 35.2 Å². The van der Waals surface area contributed by atoms with Crippen LogP contribution in [0.4, 0.5) is 4.39 Å². The van der Waals surface area contributed by atoms with Crippen molar-refractivity contribution >= 4 is 11.6 Å². The van der Waals surface area contributed by atoms with Crippen LogP contribution < -0.4 is 10.5 Å². The maximum Gasteiger partial charge on any atom is 0.131 e. The number of halogens is 2. The zero-order valence-corrected chi connectivity index (χ0v) is 11.9. The van der Waals surface area contributed by atoms with Crippen LogP contribution in [-0.4, -0.2) is 6.54 Å². The molecule has 20 heavy (non-hydrogen) atoms. The highest BCUT2D eigenvalue weighted by Crippen LogP contribution is 2.21. The third-order valence-corrected chi connectivity index (χ3v) is 3.39. The van der Waals surface area contributed by atoms with E-state index < -0.39 is 0 Å². The van der Waals surface area contributed by atoms with E-state index in [0.717, 1.165) is 12.8 Å². The van der Waals surface area contributed by atoms with Crippen LogP contribution in [-0.2, 0) is 13.0 Å². The fraction of sp³-hybridized carbons (Fsp3) is 0.250. The van der Waals surface area contributed by atoms with Crippen LogP contribution in [0.15, 0.2) is 42.5 Å². The summed E-state index contributed by atoms with van der Waals surface area (Å²) in [7, 11) is 0. The quantitative estimate of drug-likeness (QED) is 0.875. The predicted molar refractivity (Wildman–Crippen MR) is 79.6 cm³/mol. The molecule has 0 fully saturated rings. The van der Waals surface area contributed by atoms with Gasteiger partial charge in [0.15, 0.2) is 0 Å². The lowest BCUT2D eigenvalue weighted by atomic mass is 10.1. The molecule has 0 saturated heterocycles. The van der Waals surface area contributed by atoms with Crippen molar-refractivity contribution in [2.24, 2.45) is 5.73 Å². The molecule has 0 atom stereocenters. The minimum absolute atomic E-state index is 0.119. The Hall–Kier alpha value is -1.58. The second-order valence-electron chi connectivity index (χ2n) is 4.53. The van der Waals surface area contributed by atoms with E-state index in [1.807, 2.05) is 24.3 Å². The van der Waals surface area contributed by atoms with E-state index in [1.165, 1.54) is 11.6 Å². The van der Waals surface area contributed by atoms with E-state index in [0.29, 0.717) is 22.9 Å². The molecule has 2 aromatic rings. The van der Waals surface area contributed by atoms with Crippen LogP contribution >= 0.6 is 11.6 Å². The summed E-state index contributed by atoms with van der Waals surface area (Å²) in [6.07, 6.45) is 1.92. The molecule has 106 valence electrons.